The number of hydrogen-bond acceptors (Lipinski definition) is 5. The highest BCUT2D eigenvalue weighted by Gasteiger charge is 2.16. The average molecular weight is 400 g/mol. The second kappa shape index (κ2) is 7.96. The van der Waals surface area contributed by atoms with Crippen LogP contribution in [0.25, 0.3) is 22.0 Å². The fraction of sp³-hybridized carbons (Fsp3) is 0.0455. The molecule has 1 heterocycles. The first-order chi connectivity index (χ1) is 14.5. The Kier molecular flexibility index (Phi) is 5.04. The molecular formula is C22H16N4O4. The number of benzene rings is 3. The molecular weight excluding hydrogens is 384 g/mol. The number of amides is 1. The van der Waals surface area contributed by atoms with Gasteiger partial charge in [0.2, 0.25) is 5.91 Å². The topological polar surface area (TPSA) is 107 Å². The predicted octanol–water partition coefficient (Wildman–Crippen LogP) is 3.61. The van der Waals surface area contributed by atoms with Gasteiger partial charge in [-0.2, -0.15) is 5.10 Å². The number of nitro groups is 1. The molecule has 0 atom stereocenters. The maximum atomic E-state index is 12.4. The van der Waals surface area contributed by atoms with E-state index < -0.39 is 16.4 Å². The fourth-order valence-electron chi connectivity index (χ4n) is 3.22. The number of nitro benzene ring substituents is 1. The maximum Gasteiger partial charge on any atom is 0.292 e. The number of anilines is 1. The van der Waals surface area contributed by atoms with Crippen molar-refractivity contribution in [3.8, 4) is 11.3 Å². The van der Waals surface area contributed by atoms with Gasteiger partial charge in [0.25, 0.3) is 11.2 Å². The maximum absolute atomic E-state index is 12.4. The van der Waals surface area contributed by atoms with Crippen molar-refractivity contribution in [1.29, 1.82) is 0 Å². The van der Waals surface area contributed by atoms with Crippen molar-refractivity contribution < 1.29 is 9.72 Å². The number of nitrogens with one attached hydrogen (secondary N) is 1. The van der Waals surface area contributed by atoms with E-state index in [0.717, 1.165) is 21.0 Å². The summed E-state index contributed by atoms with van der Waals surface area (Å²) >= 11 is 0. The number of aromatic nitrogens is 2. The molecule has 30 heavy (non-hydrogen) atoms. The van der Waals surface area contributed by atoms with E-state index in [1.807, 2.05) is 42.5 Å². The van der Waals surface area contributed by atoms with Gasteiger partial charge in [-0.15, -0.1) is 0 Å². The molecule has 0 radical (unpaired) electrons. The monoisotopic (exact) mass is 400 g/mol. The highest BCUT2D eigenvalue weighted by Crippen LogP contribution is 2.26. The molecule has 1 N–H and O–H groups in total. The quantitative estimate of drug-likeness (QED) is 0.407. The zero-order chi connectivity index (χ0) is 21.1. The van der Waals surface area contributed by atoms with Crippen LogP contribution >= 0.6 is 0 Å². The summed E-state index contributed by atoms with van der Waals surface area (Å²) in [5.41, 5.74) is 0.768. The van der Waals surface area contributed by atoms with Gasteiger partial charge >= 0.3 is 0 Å². The normalized spacial score (nSPS) is 10.7. The van der Waals surface area contributed by atoms with Crippen molar-refractivity contribution in [2.75, 3.05) is 5.32 Å². The van der Waals surface area contributed by atoms with Gasteiger partial charge in [-0.1, -0.05) is 54.6 Å². The zero-order valence-corrected chi connectivity index (χ0v) is 15.7. The molecule has 0 aliphatic rings. The van der Waals surface area contributed by atoms with Crippen molar-refractivity contribution in [3.05, 3.63) is 99.3 Å². The zero-order valence-electron chi connectivity index (χ0n) is 15.7. The average Bonchev–Trinajstić information content (AvgIpc) is 2.75. The van der Waals surface area contributed by atoms with Gasteiger partial charge < -0.3 is 5.32 Å². The van der Waals surface area contributed by atoms with E-state index in [-0.39, 0.29) is 17.9 Å². The van der Waals surface area contributed by atoms with Gasteiger partial charge in [-0.25, -0.2) is 4.68 Å². The van der Waals surface area contributed by atoms with Crippen LogP contribution in [0.3, 0.4) is 0 Å². The Morgan fingerprint density at radius 1 is 0.967 bits per heavy atom. The third-order valence-corrected chi connectivity index (χ3v) is 4.60. The number of para-hydroxylation sites is 2. The molecule has 3 aromatic carbocycles. The van der Waals surface area contributed by atoms with Crippen molar-refractivity contribution in [3.63, 3.8) is 0 Å². The van der Waals surface area contributed by atoms with Gasteiger partial charge in [0.1, 0.15) is 12.2 Å². The Bertz CT molecular complexity index is 1320. The van der Waals surface area contributed by atoms with Gasteiger partial charge in [0.15, 0.2) is 0 Å². The Morgan fingerprint density at radius 3 is 2.53 bits per heavy atom. The number of hydrogen-bond donors (Lipinski definition) is 1. The third kappa shape index (κ3) is 3.79. The van der Waals surface area contributed by atoms with Gasteiger partial charge in [-0.3, -0.25) is 19.7 Å². The number of carbonyl (C=O) groups excluding carboxylic acids is 1. The standard InChI is InChI=1S/C22H16N4O4/c27-21(23-19-10-3-4-11-20(19)26(29)30)14-25-22(28)13-12-18(24-25)17-9-5-7-15-6-1-2-8-16(15)17/h1-13H,14H2,(H,23,27). The molecule has 0 saturated carbocycles. The molecule has 0 saturated heterocycles. The summed E-state index contributed by atoms with van der Waals surface area (Å²) in [6, 6.07) is 22.3. The first-order valence-electron chi connectivity index (χ1n) is 9.12. The SMILES string of the molecule is O=C(Cn1nc(-c2cccc3ccccc23)ccc1=O)Nc1ccccc1[N+](=O)[O-]. The summed E-state index contributed by atoms with van der Waals surface area (Å²) in [5.74, 6) is -0.589. The molecule has 1 aromatic heterocycles. The van der Waals surface area contributed by atoms with E-state index in [0.29, 0.717) is 5.69 Å². The lowest BCUT2D eigenvalue weighted by atomic mass is 10.0. The predicted molar refractivity (Wildman–Crippen MR) is 113 cm³/mol. The van der Waals surface area contributed by atoms with E-state index in [9.17, 15) is 19.7 Å². The Labute approximate surface area is 170 Å². The lowest BCUT2D eigenvalue weighted by molar-refractivity contribution is -0.383. The van der Waals surface area contributed by atoms with E-state index in [4.69, 9.17) is 0 Å². The number of nitrogens with zero attached hydrogens (tertiary/aromatic N) is 3. The molecule has 4 rings (SSSR count). The Hall–Kier alpha value is -4.33. The van der Waals surface area contributed by atoms with Crippen LogP contribution in [0.1, 0.15) is 0 Å². The molecule has 8 heteroatoms. The van der Waals surface area contributed by atoms with Crippen LogP contribution in [-0.4, -0.2) is 20.6 Å². The third-order valence-electron chi connectivity index (χ3n) is 4.60. The van der Waals surface area contributed by atoms with Crippen molar-refractivity contribution in [2.45, 2.75) is 6.54 Å². The van der Waals surface area contributed by atoms with Crippen molar-refractivity contribution >= 4 is 28.1 Å². The Morgan fingerprint density at radius 2 is 1.70 bits per heavy atom. The summed E-state index contributed by atoms with van der Waals surface area (Å²) in [5, 5.41) is 19.9. The van der Waals surface area contributed by atoms with Crippen LogP contribution in [0.5, 0.6) is 0 Å². The smallest absolute Gasteiger partial charge is 0.292 e. The van der Waals surface area contributed by atoms with Crippen molar-refractivity contribution in [2.24, 2.45) is 0 Å². The first-order valence-corrected chi connectivity index (χ1v) is 9.12. The summed E-state index contributed by atoms with van der Waals surface area (Å²) in [6.07, 6.45) is 0. The van der Waals surface area contributed by atoms with Crippen LogP contribution in [0.4, 0.5) is 11.4 Å². The Balaban J connectivity index is 1.64. The van der Waals surface area contributed by atoms with Crippen LogP contribution in [0.15, 0.2) is 83.7 Å². The molecule has 4 aromatic rings. The number of rotatable bonds is 5. The molecule has 8 nitrogen and oxygen atoms in total. The molecule has 0 fully saturated rings. The molecule has 0 spiro atoms. The first kappa shape index (κ1) is 19.0. The largest absolute Gasteiger partial charge is 0.319 e. The minimum atomic E-state index is -0.589. The molecule has 1 amide bonds. The highest BCUT2D eigenvalue weighted by molar-refractivity contribution is 5.96. The van der Waals surface area contributed by atoms with E-state index in [1.165, 1.54) is 24.3 Å². The molecule has 148 valence electrons. The van der Waals surface area contributed by atoms with Crippen LogP contribution in [-0.2, 0) is 11.3 Å². The minimum Gasteiger partial charge on any atom is -0.319 e. The fourth-order valence-corrected chi connectivity index (χ4v) is 3.22. The molecule has 0 unspecified atom stereocenters. The summed E-state index contributed by atoms with van der Waals surface area (Å²) in [7, 11) is 0. The highest BCUT2D eigenvalue weighted by atomic mass is 16.6. The lowest BCUT2D eigenvalue weighted by Gasteiger charge is -2.10. The van der Waals surface area contributed by atoms with Crippen molar-refractivity contribution in [1.82, 2.24) is 9.78 Å². The lowest BCUT2D eigenvalue weighted by Crippen LogP contribution is -2.29. The molecule has 0 aliphatic heterocycles. The van der Waals surface area contributed by atoms with E-state index >= 15 is 0 Å². The molecule has 0 bridgehead atoms. The minimum absolute atomic E-state index is 0.0609. The van der Waals surface area contributed by atoms with E-state index in [1.54, 1.807) is 12.1 Å². The number of carbonyl (C=O) groups is 1. The number of fused-ring (bicyclic) bond motifs is 1. The van der Waals surface area contributed by atoms with Gasteiger partial charge in [-0.05, 0) is 22.9 Å². The summed E-state index contributed by atoms with van der Waals surface area (Å²) in [4.78, 5) is 35.2. The second-order valence-electron chi connectivity index (χ2n) is 6.56. The second-order valence-corrected chi connectivity index (χ2v) is 6.56. The summed E-state index contributed by atoms with van der Waals surface area (Å²) in [6.45, 7) is -0.372. The van der Waals surface area contributed by atoms with E-state index in [2.05, 4.69) is 10.4 Å². The van der Waals surface area contributed by atoms with Crippen LogP contribution in [0, 0.1) is 10.1 Å². The van der Waals surface area contributed by atoms with Crippen LogP contribution in [0.2, 0.25) is 0 Å². The van der Waals surface area contributed by atoms with Gasteiger partial charge in [0, 0.05) is 17.7 Å². The molecule has 0 aliphatic carbocycles. The summed E-state index contributed by atoms with van der Waals surface area (Å²) < 4.78 is 1.04. The van der Waals surface area contributed by atoms with Crippen LogP contribution < -0.4 is 10.9 Å². The van der Waals surface area contributed by atoms with Gasteiger partial charge in [0.05, 0.1) is 10.6 Å².